The Hall–Kier alpha value is -3.20. The van der Waals surface area contributed by atoms with E-state index in [0.29, 0.717) is 12.3 Å². The number of hydrogen-bond acceptors (Lipinski definition) is 6. The number of hydrogen-bond donors (Lipinski definition) is 0. The molecule has 0 fully saturated rings. The summed E-state index contributed by atoms with van der Waals surface area (Å²) in [6.07, 6.45) is 6.72. The molecule has 0 unspecified atom stereocenters. The van der Waals surface area contributed by atoms with Crippen molar-refractivity contribution in [2.45, 2.75) is 33.6 Å². The van der Waals surface area contributed by atoms with Crippen LogP contribution < -0.4 is 0 Å². The number of nitrogens with zero attached hydrogens (tertiary/aromatic N) is 4. The van der Waals surface area contributed by atoms with Crippen molar-refractivity contribution in [1.82, 2.24) is 9.97 Å². The zero-order chi connectivity index (χ0) is 19.5. The smallest absolute Gasteiger partial charge is 0.177 e. The maximum atomic E-state index is 5.41. The summed E-state index contributed by atoms with van der Waals surface area (Å²) >= 11 is 0. The number of pyridine rings is 2. The van der Waals surface area contributed by atoms with Gasteiger partial charge in [0.25, 0.3) is 0 Å². The molecule has 2 heterocycles. The molecule has 6 nitrogen and oxygen atoms in total. The fourth-order valence-corrected chi connectivity index (χ4v) is 2.29. The van der Waals surface area contributed by atoms with Crippen LogP contribution in [0.1, 0.15) is 43.0 Å². The molecule has 0 aliphatic rings. The van der Waals surface area contributed by atoms with Crippen LogP contribution >= 0.6 is 0 Å². The SMILES string of the molecule is C#CCON=C(C)c1cccc(CCCON=C(C)c2cccc(C)n2)n1. The van der Waals surface area contributed by atoms with E-state index < -0.39 is 0 Å². The number of aryl methyl sites for hydroxylation is 2. The van der Waals surface area contributed by atoms with E-state index in [1.54, 1.807) is 0 Å². The third-order valence-corrected chi connectivity index (χ3v) is 3.66. The minimum absolute atomic E-state index is 0.145. The van der Waals surface area contributed by atoms with Crippen LogP contribution in [0.4, 0.5) is 0 Å². The zero-order valence-corrected chi connectivity index (χ0v) is 16.0. The van der Waals surface area contributed by atoms with Crippen LogP contribution in [-0.4, -0.2) is 34.6 Å². The Morgan fingerprint density at radius 1 is 1.00 bits per heavy atom. The summed E-state index contributed by atoms with van der Waals surface area (Å²) < 4.78 is 0. The van der Waals surface area contributed by atoms with Crippen molar-refractivity contribution in [3.63, 3.8) is 0 Å². The number of terminal acetylenes is 1. The summed E-state index contributed by atoms with van der Waals surface area (Å²) in [7, 11) is 0. The Bertz CT molecular complexity index is 853. The molecule has 0 aliphatic carbocycles. The Morgan fingerprint density at radius 2 is 1.67 bits per heavy atom. The van der Waals surface area contributed by atoms with Gasteiger partial charge in [-0.25, -0.2) is 0 Å². The Morgan fingerprint density at radius 3 is 2.37 bits per heavy atom. The minimum atomic E-state index is 0.145. The van der Waals surface area contributed by atoms with E-state index in [-0.39, 0.29) is 6.61 Å². The monoisotopic (exact) mass is 364 g/mol. The normalized spacial score (nSPS) is 11.8. The van der Waals surface area contributed by atoms with Gasteiger partial charge in [-0.1, -0.05) is 28.4 Å². The zero-order valence-electron chi connectivity index (χ0n) is 16.0. The van der Waals surface area contributed by atoms with Crippen molar-refractivity contribution in [3.8, 4) is 12.3 Å². The highest BCUT2D eigenvalue weighted by atomic mass is 16.6. The van der Waals surface area contributed by atoms with Gasteiger partial charge in [0.2, 0.25) is 0 Å². The molecular weight excluding hydrogens is 340 g/mol. The van der Waals surface area contributed by atoms with E-state index >= 15 is 0 Å². The van der Waals surface area contributed by atoms with Crippen molar-refractivity contribution >= 4 is 11.4 Å². The topological polar surface area (TPSA) is 69.0 Å². The van der Waals surface area contributed by atoms with Gasteiger partial charge < -0.3 is 9.68 Å². The molecule has 0 atom stereocenters. The first-order valence-electron chi connectivity index (χ1n) is 8.77. The average molecular weight is 364 g/mol. The van der Waals surface area contributed by atoms with Crippen molar-refractivity contribution in [3.05, 3.63) is 59.2 Å². The van der Waals surface area contributed by atoms with Crippen LogP contribution in [0.3, 0.4) is 0 Å². The van der Waals surface area contributed by atoms with E-state index in [1.165, 1.54) is 0 Å². The quantitative estimate of drug-likeness (QED) is 0.295. The lowest BCUT2D eigenvalue weighted by Crippen LogP contribution is -2.04. The van der Waals surface area contributed by atoms with E-state index in [9.17, 15) is 0 Å². The highest BCUT2D eigenvalue weighted by molar-refractivity contribution is 5.96. The minimum Gasteiger partial charge on any atom is -0.396 e. The molecule has 0 bridgehead atoms. The molecule has 27 heavy (non-hydrogen) atoms. The predicted octanol–water partition coefficient (Wildman–Crippen LogP) is 3.53. The second kappa shape index (κ2) is 10.7. The molecule has 2 rings (SSSR count). The van der Waals surface area contributed by atoms with Crippen LogP contribution in [0.15, 0.2) is 46.7 Å². The van der Waals surface area contributed by atoms with Gasteiger partial charge >= 0.3 is 0 Å². The second-order valence-corrected chi connectivity index (χ2v) is 5.95. The van der Waals surface area contributed by atoms with Crippen molar-refractivity contribution in [1.29, 1.82) is 0 Å². The van der Waals surface area contributed by atoms with E-state index in [2.05, 4.69) is 26.2 Å². The summed E-state index contributed by atoms with van der Waals surface area (Å²) in [6, 6.07) is 11.6. The summed E-state index contributed by atoms with van der Waals surface area (Å²) in [4.78, 5) is 19.4. The summed E-state index contributed by atoms with van der Waals surface area (Å²) in [5.74, 6) is 2.37. The van der Waals surface area contributed by atoms with Crippen molar-refractivity contribution in [2.24, 2.45) is 10.3 Å². The van der Waals surface area contributed by atoms with E-state index in [1.807, 2.05) is 57.2 Å². The fourth-order valence-electron chi connectivity index (χ4n) is 2.29. The highest BCUT2D eigenvalue weighted by Crippen LogP contribution is 2.05. The maximum Gasteiger partial charge on any atom is 0.177 e. The molecule has 6 heteroatoms. The molecule has 0 amide bonds. The van der Waals surface area contributed by atoms with Crippen molar-refractivity contribution in [2.75, 3.05) is 13.2 Å². The first kappa shape index (κ1) is 20.1. The lowest BCUT2D eigenvalue weighted by molar-refractivity contribution is 0.141. The Kier molecular flexibility index (Phi) is 7.98. The van der Waals surface area contributed by atoms with E-state index in [0.717, 1.165) is 41.3 Å². The van der Waals surface area contributed by atoms with Crippen LogP contribution in [0, 0.1) is 19.3 Å². The fraction of sp³-hybridized carbons (Fsp3) is 0.333. The molecule has 0 spiro atoms. The highest BCUT2D eigenvalue weighted by Gasteiger charge is 2.03. The third-order valence-electron chi connectivity index (χ3n) is 3.66. The van der Waals surface area contributed by atoms with Gasteiger partial charge in [-0.3, -0.25) is 9.97 Å². The lowest BCUT2D eigenvalue weighted by atomic mass is 10.2. The molecule has 0 aliphatic heterocycles. The van der Waals surface area contributed by atoms with Crippen LogP contribution in [0.2, 0.25) is 0 Å². The van der Waals surface area contributed by atoms with Gasteiger partial charge in [-0.2, -0.15) is 0 Å². The average Bonchev–Trinajstić information content (AvgIpc) is 2.68. The maximum absolute atomic E-state index is 5.41. The molecule has 140 valence electrons. The number of aromatic nitrogens is 2. The van der Waals surface area contributed by atoms with Gasteiger partial charge in [0.15, 0.2) is 6.61 Å². The molecular formula is C21H24N4O2. The van der Waals surface area contributed by atoms with Gasteiger partial charge in [-0.05, 0) is 57.9 Å². The summed E-state index contributed by atoms with van der Waals surface area (Å²) in [5, 5.41) is 8.09. The molecule has 0 saturated heterocycles. The van der Waals surface area contributed by atoms with E-state index in [4.69, 9.17) is 16.1 Å². The van der Waals surface area contributed by atoms with Crippen LogP contribution in [0.5, 0.6) is 0 Å². The van der Waals surface area contributed by atoms with Gasteiger partial charge in [0.05, 0.1) is 11.4 Å². The standard InChI is InChI=1S/C21H24N4O2/c1-5-14-26-24-18(4)21-13-7-10-19(23-21)11-8-15-27-25-17(3)20-12-6-9-16(2)22-20/h1,6-7,9-10,12-13H,8,11,14-15H2,2-4H3. The van der Waals surface area contributed by atoms with Crippen molar-refractivity contribution < 1.29 is 9.68 Å². The number of rotatable bonds is 9. The van der Waals surface area contributed by atoms with Gasteiger partial charge in [0.1, 0.15) is 18.0 Å². The molecule has 2 aromatic rings. The molecule has 0 saturated carbocycles. The van der Waals surface area contributed by atoms with Gasteiger partial charge in [0, 0.05) is 11.4 Å². The predicted molar refractivity (Wildman–Crippen MR) is 107 cm³/mol. The Balaban J connectivity index is 1.82. The van der Waals surface area contributed by atoms with Crippen LogP contribution in [0.25, 0.3) is 0 Å². The first-order valence-corrected chi connectivity index (χ1v) is 8.77. The lowest BCUT2D eigenvalue weighted by Gasteiger charge is -2.05. The number of oxime groups is 2. The third kappa shape index (κ3) is 6.90. The molecule has 0 radical (unpaired) electrons. The van der Waals surface area contributed by atoms with Crippen LogP contribution in [-0.2, 0) is 16.1 Å². The summed E-state index contributed by atoms with van der Waals surface area (Å²) in [5.41, 5.74) is 4.96. The second-order valence-electron chi connectivity index (χ2n) is 5.95. The Labute approximate surface area is 160 Å². The van der Waals surface area contributed by atoms with Gasteiger partial charge in [-0.15, -0.1) is 6.42 Å². The molecule has 2 aromatic heterocycles. The molecule has 0 aromatic carbocycles. The first-order chi connectivity index (χ1) is 13.1. The largest absolute Gasteiger partial charge is 0.396 e. The molecule has 0 N–H and O–H groups in total. The summed E-state index contributed by atoms with van der Waals surface area (Å²) in [6.45, 7) is 6.33.